The van der Waals surface area contributed by atoms with Crippen LogP contribution >= 0.6 is 0 Å². The van der Waals surface area contributed by atoms with E-state index in [1.165, 1.54) is 30.4 Å². The van der Waals surface area contributed by atoms with E-state index in [1.807, 2.05) is 7.05 Å². The maximum Gasteiger partial charge on any atom is 0.227 e. The summed E-state index contributed by atoms with van der Waals surface area (Å²) in [6.45, 7) is 2.12. The summed E-state index contributed by atoms with van der Waals surface area (Å²) in [7, 11) is 1.95. The van der Waals surface area contributed by atoms with Crippen molar-refractivity contribution in [3.8, 4) is 0 Å². The monoisotopic (exact) mass is 285 g/mol. The average molecular weight is 285 g/mol. The van der Waals surface area contributed by atoms with Gasteiger partial charge in [-0.15, -0.1) is 0 Å². The molecule has 4 nitrogen and oxygen atoms in total. The Morgan fingerprint density at radius 3 is 3.10 bits per heavy atom. The quantitative estimate of drug-likeness (QED) is 0.917. The number of fused-ring (bicyclic) bond motifs is 1. The number of hydrogen-bond acceptors (Lipinski definition) is 4. The van der Waals surface area contributed by atoms with Crippen LogP contribution in [0.2, 0.25) is 0 Å². The second-order valence-corrected chi connectivity index (χ2v) is 5.99. The zero-order valence-electron chi connectivity index (χ0n) is 12.8. The molecule has 3 rings (SSSR count). The highest BCUT2D eigenvalue weighted by Gasteiger charge is 2.22. The average Bonchev–Trinajstić information content (AvgIpc) is 2.94. The first kappa shape index (κ1) is 14.3. The van der Waals surface area contributed by atoms with Crippen molar-refractivity contribution in [3.05, 3.63) is 47.1 Å². The molecular weight excluding hydrogens is 262 g/mol. The number of nitrogens with one attached hydrogen (secondary N) is 1. The normalized spacial score (nSPS) is 19.2. The Morgan fingerprint density at radius 2 is 2.24 bits per heavy atom. The van der Waals surface area contributed by atoms with Gasteiger partial charge in [-0.05, 0) is 50.3 Å². The molecule has 1 N–H and O–H groups in total. The summed E-state index contributed by atoms with van der Waals surface area (Å²) in [5.41, 5.74) is 2.95. The standard InChI is InChI=1S/C17H23N3O/c1-12(18-2)10-16-19-17(21-20-16)11-14-8-5-7-13-6-3-4-9-15(13)14/h3-4,6,9,12,14,18H,5,7-8,10-11H2,1-2H3. The minimum atomic E-state index is 0.367. The van der Waals surface area contributed by atoms with E-state index in [1.54, 1.807) is 0 Å². The van der Waals surface area contributed by atoms with Crippen molar-refractivity contribution in [2.75, 3.05) is 7.05 Å². The molecule has 21 heavy (non-hydrogen) atoms. The van der Waals surface area contributed by atoms with E-state index in [0.29, 0.717) is 12.0 Å². The van der Waals surface area contributed by atoms with E-state index < -0.39 is 0 Å². The number of benzene rings is 1. The summed E-state index contributed by atoms with van der Waals surface area (Å²) in [6.07, 6.45) is 5.32. The highest BCUT2D eigenvalue weighted by Crippen LogP contribution is 2.33. The van der Waals surface area contributed by atoms with Crippen LogP contribution in [0.15, 0.2) is 28.8 Å². The van der Waals surface area contributed by atoms with Crippen LogP contribution in [0, 0.1) is 0 Å². The number of likely N-dealkylation sites (N-methyl/N-ethyl adjacent to an activating group) is 1. The second-order valence-electron chi connectivity index (χ2n) is 5.99. The van der Waals surface area contributed by atoms with Crippen LogP contribution < -0.4 is 5.32 Å². The minimum Gasteiger partial charge on any atom is -0.339 e. The van der Waals surface area contributed by atoms with E-state index >= 15 is 0 Å². The summed E-state index contributed by atoms with van der Waals surface area (Å²) >= 11 is 0. The lowest BCUT2D eigenvalue weighted by molar-refractivity contribution is 0.356. The zero-order valence-corrected chi connectivity index (χ0v) is 12.8. The molecule has 112 valence electrons. The largest absolute Gasteiger partial charge is 0.339 e. The smallest absolute Gasteiger partial charge is 0.227 e. The predicted molar refractivity (Wildman–Crippen MR) is 82.3 cm³/mol. The molecule has 0 aliphatic heterocycles. The fourth-order valence-electron chi connectivity index (χ4n) is 3.11. The van der Waals surface area contributed by atoms with Gasteiger partial charge in [-0.1, -0.05) is 29.4 Å². The highest BCUT2D eigenvalue weighted by atomic mass is 16.5. The molecule has 0 bridgehead atoms. The van der Waals surface area contributed by atoms with Crippen molar-refractivity contribution < 1.29 is 4.52 Å². The van der Waals surface area contributed by atoms with Crippen molar-refractivity contribution in [2.45, 2.75) is 51.0 Å². The van der Waals surface area contributed by atoms with E-state index in [4.69, 9.17) is 4.52 Å². The van der Waals surface area contributed by atoms with Crippen LogP contribution in [-0.2, 0) is 19.3 Å². The minimum absolute atomic E-state index is 0.367. The van der Waals surface area contributed by atoms with Crippen LogP contribution in [-0.4, -0.2) is 23.2 Å². The Kier molecular flexibility index (Phi) is 4.34. The molecule has 0 amide bonds. The van der Waals surface area contributed by atoms with Gasteiger partial charge in [-0.2, -0.15) is 4.98 Å². The van der Waals surface area contributed by atoms with Gasteiger partial charge in [0.2, 0.25) is 5.89 Å². The summed E-state index contributed by atoms with van der Waals surface area (Å²) in [5.74, 6) is 2.09. The molecule has 0 saturated heterocycles. The molecule has 1 aromatic carbocycles. The lowest BCUT2D eigenvalue weighted by atomic mass is 9.81. The van der Waals surface area contributed by atoms with Gasteiger partial charge in [-0.3, -0.25) is 0 Å². The molecule has 1 aliphatic carbocycles. The van der Waals surface area contributed by atoms with Gasteiger partial charge in [0.15, 0.2) is 5.82 Å². The Labute approximate surface area is 126 Å². The summed E-state index contributed by atoms with van der Waals surface area (Å²) in [5, 5.41) is 7.29. The molecule has 2 unspecified atom stereocenters. The van der Waals surface area contributed by atoms with Crippen molar-refractivity contribution >= 4 is 0 Å². The molecule has 1 aromatic heterocycles. The fourth-order valence-corrected chi connectivity index (χ4v) is 3.11. The number of nitrogens with zero attached hydrogens (tertiary/aromatic N) is 2. The number of aromatic nitrogens is 2. The molecule has 4 heteroatoms. The summed E-state index contributed by atoms with van der Waals surface area (Å²) in [6, 6.07) is 9.12. The first-order valence-corrected chi connectivity index (χ1v) is 7.82. The third-order valence-corrected chi connectivity index (χ3v) is 4.41. The molecule has 0 fully saturated rings. The second kappa shape index (κ2) is 6.39. The SMILES string of the molecule is CNC(C)Cc1noc(CC2CCCc3ccccc32)n1. The topological polar surface area (TPSA) is 51.0 Å². The third kappa shape index (κ3) is 3.32. The number of rotatable bonds is 5. The third-order valence-electron chi connectivity index (χ3n) is 4.41. The molecule has 2 aromatic rings. The molecule has 1 heterocycles. The molecule has 2 atom stereocenters. The van der Waals surface area contributed by atoms with Gasteiger partial charge < -0.3 is 9.84 Å². The van der Waals surface area contributed by atoms with Crippen LogP contribution in [0.25, 0.3) is 0 Å². The predicted octanol–water partition coefficient (Wildman–Crippen LogP) is 2.88. The van der Waals surface area contributed by atoms with Gasteiger partial charge in [0.1, 0.15) is 0 Å². The Hall–Kier alpha value is -1.68. The van der Waals surface area contributed by atoms with Crippen LogP contribution in [0.3, 0.4) is 0 Å². The molecule has 1 aliphatic rings. The van der Waals surface area contributed by atoms with Crippen molar-refractivity contribution in [3.63, 3.8) is 0 Å². The van der Waals surface area contributed by atoms with Crippen LogP contribution in [0.4, 0.5) is 0 Å². The number of hydrogen-bond donors (Lipinski definition) is 1. The van der Waals surface area contributed by atoms with E-state index in [-0.39, 0.29) is 0 Å². The highest BCUT2D eigenvalue weighted by molar-refractivity contribution is 5.33. The first-order valence-electron chi connectivity index (χ1n) is 7.82. The zero-order chi connectivity index (χ0) is 14.7. The van der Waals surface area contributed by atoms with Crippen molar-refractivity contribution in [2.24, 2.45) is 0 Å². The maximum atomic E-state index is 5.44. The van der Waals surface area contributed by atoms with Gasteiger partial charge in [-0.25, -0.2) is 0 Å². The Morgan fingerprint density at radius 1 is 1.38 bits per heavy atom. The van der Waals surface area contributed by atoms with Crippen LogP contribution in [0.5, 0.6) is 0 Å². The van der Waals surface area contributed by atoms with Gasteiger partial charge in [0.25, 0.3) is 0 Å². The van der Waals surface area contributed by atoms with E-state index in [0.717, 1.165) is 24.6 Å². The molecular formula is C17H23N3O. The van der Waals surface area contributed by atoms with Gasteiger partial charge in [0.05, 0.1) is 0 Å². The lowest BCUT2D eigenvalue weighted by Gasteiger charge is -2.24. The van der Waals surface area contributed by atoms with Crippen molar-refractivity contribution in [1.29, 1.82) is 0 Å². The molecule has 0 radical (unpaired) electrons. The Bertz CT molecular complexity index is 593. The maximum absolute atomic E-state index is 5.44. The van der Waals surface area contributed by atoms with E-state index in [2.05, 4.69) is 46.6 Å². The number of aryl methyl sites for hydroxylation is 1. The van der Waals surface area contributed by atoms with Crippen LogP contribution in [0.1, 0.15) is 48.5 Å². The fraction of sp³-hybridized carbons (Fsp3) is 0.529. The van der Waals surface area contributed by atoms with Crippen molar-refractivity contribution in [1.82, 2.24) is 15.5 Å². The molecule has 0 spiro atoms. The van der Waals surface area contributed by atoms with Gasteiger partial charge in [0, 0.05) is 18.9 Å². The lowest BCUT2D eigenvalue weighted by Crippen LogP contribution is -2.24. The Balaban J connectivity index is 1.70. The summed E-state index contributed by atoms with van der Waals surface area (Å²) < 4.78 is 5.44. The summed E-state index contributed by atoms with van der Waals surface area (Å²) in [4.78, 5) is 4.55. The first-order chi connectivity index (χ1) is 10.3. The molecule has 0 saturated carbocycles. The van der Waals surface area contributed by atoms with Gasteiger partial charge >= 0.3 is 0 Å². The van der Waals surface area contributed by atoms with E-state index in [9.17, 15) is 0 Å².